The number of nitrogens with zero attached hydrogens (tertiary/aromatic N) is 1. The number of nitrogens with two attached hydrogens (primary N) is 1. The van der Waals surface area contributed by atoms with Gasteiger partial charge >= 0.3 is 5.97 Å². The fourth-order valence-corrected chi connectivity index (χ4v) is 1.65. The minimum absolute atomic E-state index is 0.154. The van der Waals surface area contributed by atoms with Crippen molar-refractivity contribution in [3.8, 4) is 0 Å². The Bertz CT molecular complexity index is 405. The summed E-state index contributed by atoms with van der Waals surface area (Å²) in [5.74, 6) is -1.52. The van der Waals surface area contributed by atoms with Gasteiger partial charge in [-0.05, 0) is 6.42 Å². The van der Waals surface area contributed by atoms with Gasteiger partial charge in [0.15, 0.2) is 0 Å². The van der Waals surface area contributed by atoms with Gasteiger partial charge in [-0.25, -0.2) is 9.78 Å². The van der Waals surface area contributed by atoms with Crippen LogP contribution in [-0.2, 0) is 16.0 Å². The number of amides is 1. The Kier molecular flexibility index (Phi) is 6.01. The van der Waals surface area contributed by atoms with Crippen molar-refractivity contribution < 1.29 is 14.7 Å². The number of aromatic nitrogens is 2. The maximum Gasteiger partial charge on any atom is 0.326 e. The molecule has 1 amide bonds. The molecule has 1 unspecified atom stereocenters. The Morgan fingerprint density at radius 2 is 2.32 bits per heavy atom. The predicted molar refractivity (Wildman–Crippen MR) is 69.4 cm³/mol. The highest BCUT2D eigenvalue weighted by molar-refractivity contribution is 5.86. The lowest BCUT2D eigenvalue weighted by Crippen LogP contribution is -2.49. The predicted octanol–water partition coefficient (Wildman–Crippen LogP) is 0.0391. The average Bonchev–Trinajstić information content (AvgIpc) is 2.87. The molecule has 1 rings (SSSR count). The van der Waals surface area contributed by atoms with Gasteiger partial charge in [-0.3, -0.25) is 4.79 Å². The number of nitrogens with one attached hydrogen (secondary N) is 2. The van der Waals surface area contributed by atoms with Gasteiger partial charge in [0.1, 0.15) is 6.04 Å². The number of imidazole rings is 1. The molecule has 106 valence electrons. The summed E-state index contributed by atoms with van der Waals surface area (Å²) in [5.41, 5.74) is 6.35. The van der Waals surface area contributed by atoms with Crippen molar-refractivity contribution in [2.75, 3.05) is 0 Å². The standard InChI is InChI=1S/C12H20N4O3/c1-2-3-4-9(13)11(17)16-10(12(18)19)5-8-6-14-7-15-8/h6-7,9-10H,2-5,13H2,1H3,(H,14,15)(H,16,17)(H,18,19)/t9?,10-/m1/s1. The summed E-state index contributed by atoms with van der Waals surface area (Å²) >= 11 is 0. The molecule has 0 radical (unpaired) electrons. The molecule has 0 aliphatic rings. The second kappa shape index (κ2) is 7.52. The third-order valence-electron chi connectivity index (χ3n) is 2.80. The van der Waals surface area contributed by atoms with E-state index in [1.165, 1.54) is 12.5 Å². The number of H-pyrrole nitrogens is 1. The number of aliphatic carboxylic acids is 1. The number of aromatic amines is 1. The van der Waals surface area contributed by atoms with Crippen LogP contribution in [0.3, 0.4) is 0 Å². The van der Waals surface area contributed by atoms with Crippen molar-refractivity contribution >= 4 is 11.9 Å². The number of rotatable bonds is 8. The lowest BCUT2D eigenvalue weighted by molar-refractivity contribution is -0.142. The van der Waals surface area contributed by atoms with Crippen LogP contribution < -0.4 is 11.1 Å². The van der Waals surface area contributed by atoms with Gasteiger partial charge in [0.05, 0.1) is 12.4 Å². The molecule has 0 saturated carbocycles. The van der Waals surface area contributed by atoms with Crippen molar-refractivity contribution in [2.24, 2.45) is 5.73 Å². The second-order valence-electron chi connectivity index (χ2n) is 4.43. The van der Waals surface area contributed by atoms with Crippen molar-refractivity contribution in [2.45, 2.75) is 44.7 Å². The molecule has 0 spiro atoms. The highest BCUT2D eigenvalue weighted by Gasteiger charge is 2.23. The van der Waals surface area contributed by atoms with E-state index in [4.69, 9.17) is 10.8 Å². The van der Waals surface area contributed by atoms with Crippen molar-refractivity contribution in [3.05, 3.63) is 18.2 Å². The molecule has 0 aromatic carbocycles. The fourth-order valence-electron chi connectivity index (χ4n) is 1.65. The number of carboxylic acid groups (broad SMARTS) is 1. The maximum absolute atomic E-state index is 11.8. The monoisotopic (exact) mass is 268 g/mol. The molecule has 1 aromatic heterocycles. The van der Waals surface area contributed by atoms with Gasteiger partial charge in [0.2, 0.25) is 5.91 Å². The normalized spacial score (nSPS) is 13.8. The lowest BCUT2D eigenvalue weighted by atomic mass is 10.1. The third kappa shape index (κ3) is 5.09. The number of hydrogen-bond donors (Lipinski definition) is 4. The summed E-state index contributed by atoms with van der Waals surface area (Å²) in [5, 5.41) is 11.5. The largest absolute Gasteiger partial charge is 0.480 e. The molecule has 0 saturated heterocycles. The highest BCUT2D eigenvalue weighted by Crippen LogP contribution is 2.02. The van der Waals surface area contributed by atoms with Crippen LogP contribution >= 0.6 is 0 Å². The highest BCUT2D eigenvalue weighted by atomic mass is 16.4. The minimum Gasteiger partial charge on any atom is -0.480 e. The van der Waals surface area contributed by atoms with Crippen LogP contribution in [0.2, 0.25) is 0 Å². The van der Waals surface area contributed by atoms with Gasteiger partial charge in [0, 0.05) is 18.3 Å². The molecular formula is C12H20N4O3. The number of unbranched alkanes of at least 4 members (excludes halogenated alkanes) is 1. The lowest BCUT2D eigenvalue weighted by Gasteiger charge is -2.17. The molecule has 0 aliphatic heterocycles. The zero-order chi connectivity index (χ0) is 14.3. The van der Waals surface area contributed by atoms with Gasteiger partial charge in [-0.15, -0.1) is 0 Å². The van der Waals surface area contributed by atoms with Crippen molar-refractivity contribution in [3.63, 3.8) is 0 Å². The van der Waals surface area contributed by atoms with Gasteiger partial charge in [-0.1, -0.05) is 19.8 Å². The van der Waals surface area contributed by atoms with Crippen LogP contribution in [-0.4, -0.2) is 39.0 Å². The van der Waals surface area contributed by atoms with Crippen LogP contribution in [0, 0.1) is 0 Å². The van der Waals surface area contributed by atoms with E-state index in [0.29, 0.717) is 12.1 Å². The zero-order valence-electron chi connectivity index (χ0n) is 10.9. The zero-order valence-corrected chi connectivity index (χ0v) is 10.9. The van der Waals surface area contributed by atoms with E-state index in [-0.39, 0.29) is 6.42 Å². The number of carbonyl (C=O) groups excluding carboxylic acids is 1. The molecule has 7 nitrogen and oxygen atoms in total. The van der Waals surface area contributed by atoms with Crippen LogP contribution in [0.5, 0.6) is 0 Å². The first-order valence-corrected chi connectivity index (χ1v) is 6.30. The van der Waals surface area contributed by atoms with Crippen LogP contribution in [0.15, 0.2) is 12.5 Å². The topological polar surface area (TPSA) is 121 Å². The molecule has 1 heterocycles. The molecule has 5 N–H and O–H groups in total. The van der Waals surface area contributed by atoms with Crippen LogP contribution in [0.4, 0.5) is 0 Å². The second-order valence-corrected chi connectivity index (χ2v) is 4.43. The van der Waals surface area contributed by atoms with Gasteiger partial charge in [-0.2, -0.15) is 0 Å². The average molecular weight is 268 g/mol. The molecule has 19 heavy (non-hydrogen) atoms. The van der Waals surface area contributed by atoms with Crippen LogP contribution in [0.1, 0.15) is 31.9 Å². The van der Waals surface area contributed by atoms with Crippen molar-refractivity contribution in [1.82, 2.24) is 15.3 Å². The van der Waals surface area contributed by atoms with E-state index in [2.05, 4.69) is 15.3 Å². The van der Waals surface area contributed by atoms with Crippen molar-refractivity contribution in [1.29, 1.82) is 0 Å². The Balaban J connectivity index is 2.53. The SMILES string of the molecule is CCCCC(N)C(=O)N[C@H](Cc1cnc[nH]1)C(=O)O. The summed E-state index contributed by atoms with van der Waals surface area (Å²) in [6.07, 6.45) is 5.48. The molecule has 0 aliphatic carbocycles. The summed E-state index contributed by atoms with van der Waals surface area (Å²) < 4.78 is 0. The molecule has 0 bridgehead atoms. The van der Waals surface area contributed by atoms with E-state index in [1.807, 2.05) is 6.92 Å². The molecule has 1 aromatic rings. The summed E-state index contributed by atoms with van der Waals surface area (Å²) in [6, 6.07) is -1.66. The summed E-state index contributed by atoms with van der Waals surface area (Å²) in [4.78, 5) is 29.5. The molecule has 0 fully saturated rings. The Hall–Kier alpha value is -1.89. The number of carboxylic acids is 1. The first-order chi connectivity index (χ1) is 9.04. The van der Waals surface area contributed by atoms with E-state index < -0.39 is 24.0 Å². The summed E-state index contributed by atoms with van der Waals surface area (Å²) in [7, 11) is 0. The first-order valence-electron chi connectivity index (χ1n) is 6.30. The van der Waals surface area contributed by atoms with Crippen LogP contribution in [0.25, 0.3) is 0 Å². The molecular weight excluding hydrogens is 248 g/mol. The van der Waals surface area contributed by atoms with E-state index in [9.17, 15) is 9.59 Å². The first kappa shape index (κ1) is 15.2. The van der Waals surface area contributed by atoms with E-state index >= 15 is 0 Å². The fraction of sp³-hybridized carbons (Fsp3) is 0.583. The Morgan fingerprint density at radius 1 is 1.58 bits per heavy atom. The summed E-state index contributed by atoms with van der Waals surface area (Å²) in [6.45, 7) is 2.00. The minimum atomic E-state index is -1.09. The van der Waals surface area contributed by atoms with E-state index in [1.54, 1.807) is 0 Å². The maximum atomic E-state index is 11.8. The van der Waals surface area contributed by atoms with Gasteiger partial charge in [0.25, 0.3) is 0 Å². The Morgan fingerprint density at radius 3 is 2.84 bits per heavy atom. The molecule has 7 heteroatoms. The third-order valence-corrected chi connectivity index (χ3v) is 2.80. The quantitative estimate of drug-likeness (QED) is 0.530. The molecule has 2 atom stereocenters. The number of carbonyl (C=O) groups is 2. The number of hydrogen-bond acceptors (Lipinski definition) is 4. The van der Waals surface area contributed by atoms with E-state index in [0.717, 1.165) is 12.8 Å². The van der Waals surface area contributed by atoms with Gasteiger partial charge < -0.3 is 21.1 Å². The smallest absolute Gasteiger partial charge is 0.326 e. The Labute approximate surface area is 111 Å².